The summed E-state index contributed by atoms with van der Waals surface area (Å²) in [5, 5.41) is -1.35. The molecule has 0 aromatic rings. The van der Waals surface area contributed by atoms with Crippen molar-refractivity contribution in [1.29, 1.82) is 0 Å². The zero-order chi connectivity index (χ0) is 16.2. The highest BCUT2D eigenvalue weighted by atomic mass is 35.5. The summed E-state index contributed by atoms with van der Waals surface area (Å²) < 4.78 is 33.3. The van der Waals surface area contributed by atoms with Crippen LogP contribution >= 0.6 is 11.6 Å². The maximum atomic E-state index is 13.7. The van der Waals surface area contributed by atoms with E-state index in [0.717, 1.165) is 20.8 Å². The Balaban J connectivity index is 2.94. The second kappa shape index (κ2) is 7.56. The molecule has 120 valence electrons. The van der Waals surface area contributed by atoms with Crippen molar-refractivity contribution in [1.82, 2.24) is 0 Å². The fourth-order valence-electron chi connectivity index (χ4n) is 1.85. The Bertz CT molecular complexity index is 416. The average molecular weight is 327 g/mol. The van der Waals surface area contributed by atoms with Crippen molar-refractivity contribution < 1.29 is 37.7 Å². The molecule has 1 aliphatic rings. The summed E-state index contributed by atoms with van der Waals surface area (Å²) in [5.74, 6) is -2.04. The van der Waals surface area contributed by atoms with Gasteiger partial charge in [-0.2, -0.15) is 0 Å². The molecule has 9 heteroatoms. The summed E-state index contributed by atoms with van der Waals surface area (Å²) in [7, 11) is 0. The third-order valence-corrected chi connectivity index (χ3v) is 3.06. The number of carbonyl (C=O) groups excluding carboxylic acids is 3. The standard InChI is InChI=1S/C12H16ClFO7/c1-5(15)18-4-8-10(19-6(2)16)11(20-7(3)17)9(13)12(14)21-8/h8-12H,4H2,1-3H3/t8-,9-,10-,11-,12-/m1/s1. The predicted molar refractivity (Wildman–Crippen MR) is 67.2 cm³/mol. The molecule has 0 N–H and O–H groups in total. The van der Waals surface area contributed by atoms with Crippen LogP contribution in [0.25, 0.3) is 0 Å². The fraction of sp³-hybridized carbons (Fsp3) is 0.750. The number of ether oxygens (including phenoxy) is 4. The topological polar surface area (TPSA) is 88.1 Å². The molecule has 0 aromatic heterocycles. The van der Waals surface area contributed by atoms with Crippen LogP contribution in [0.5, 0.6) is 0 Å². The van der Waals surface area contributed by atoms with E-state index in [0.29, 0.717) is 0 Å². The number of hydrogen-bond acceptors (Lipinski definition) is 7. The quantitative estimate of drug-likeness (QED) is 0.427. The maximum absolute atomic E-state index is 13.7. The number of hydrogen-bond donors (Lipinski definition) is 0. The molecule has 1 saturated heterocycles. The van der Waals surface area contributed by atoms with Gasteiger partial charge in [-0.15, -0.1) is 11.6 Å². The summed E-state index contributed by atoms with van der Waals surface area (Å²) in [6.45, 7) is 3.02. The van der Waals surface area contributed by atoms with Crippen LogP contribution in [-0.2, 0) is 33.3 Å². The molecule has 0 unspecified atom stereocenters. The lowest BCUT2D eigenvalue weighted by Crippen LogP contribution is -2.58. The number of esters is 3. The summed E-state index contributed by atoms with van der Waals surface area (Å²) in [6, 6.07) is 0. The van der Waals surface area contributed by atoms with Gasteiger partial charge in [0.05, 0.1) is 0 Å². The number of halogens is 2. The van der Waals surface area contributed by atoms with Gasteiger partial charge >= 0.3 is 17.9 Å². The minimum Gasteiger partial charge on any atom is -0.463 e. The van der Waals surface area contributed by atoms with Crippen LogP contribution in [0.3, 0.4) is 0 Å². The van der Waals surface area contributed by atoms with E-state index in [-0.39, 0.29) is 6.61 Å². The van der Waals surface area contributed by atoms with Crippen LogP contribution in [-0.4, -0.2) is 54.6 Å². The monoisotopic (exact) mass is 326 g/mol. The lowest BCUT2D eigenvalue weighted by molar-refractivity contribution is -0.232. The lowest BCUT2D eigenvalue weighted by Gasteiger charge is -2.40. The van der Waals surface area contributed by atoms with E-state index >= 15 is 0 Å². The first-order valence-corrected chi connectivity index (χ1v) is 6.57. The van der Waals surface area contributed by atoms with Crippen molar-refractivity contribution in [3.8, 4) is 0 Å². The molecule has 5 atom stereocenters. The Hall–Kier alpha value is -1.41. The van der Waals surface area contributed by atoms with Crippen molar-refractivity contribution in [3.63, 3.8) is 0 Å². The van der Waals surface area contributed by atoms with E-state index in [1.807, 2.05) is 0 Å². The van der Waals surface area contributed by atoms with Gasteiger partial charge in [-0.05, 0) is 0 Å². The molecule has 0 spiro atoms. The van der Waals surface area contributed by atoms with Gasteiger partial charge in [0.1, 0.15) is 18.1 Å². The van der Waals surface area contributed by atoms with Gasteiger partial charge in [-0.25, -0.2) is 4.39 Å². The number of rotatable bonds is 4. The van der Waals surface area contributed by atoms with Crippen molar-refractivity contribution in [2.24, 2.45) is 0 Å². The molecule has 0 aromatic carbocycles. The minimum absolute atomic E-state index is 0.366. The molecular weight excluding hydrogens is 311 g/mol. The molecule has 1 fully saturated rings. The molecule has 0 saturated carbocycles. The van der Waals surface area contributed by atoms with Gasteiger partial charge in [-0.3, -0.25) is 14.4 Å². The largest absolute Gasteiger partial charge is 0.463 e. The molecule has 0 aliphatic carbocycles. The zero-order valence-electron chi connectivity index (χ0n) is 11.7. The van der Waals surface area contributed by atoms with E-state index in [1.54, 1.807) is 0 Å². The first kappa shape index (κ1) is 17.6. The van der Waals surface area contributed by atoms with E-state index in [9.17, 15) is 18.8 Å². The van der Waals surface area contributed by atoms with Gasteiger partial charge in [0, 0.05) is 20.8 Å². The van der Waals surface area contributed by atoms with Gasteiger partial charge in [-0.1, -0.05) is 0 Å². The van der Waals surface area contributed by atoms with Crippen LogP contribution in [0, 0.1) is 0 Å². The summed E-state index contributed by atoms with van der Waals surface area (Å²) in [6.07, 6.45) is -5.53. The second-order valence-corrected chi connectivity index (χ2v) is 4.92. The first-order valence-electron chi connectivity index (χ1n) is 6.13. The molecule has 1 aliphatic heterocycles. The third kappa shape index (κ3) is 5.13. The van der Waals surface area contributed by atoms with Crippen molar-refractivity contribution in [2.75, 3.05) is 6.61 Å². The normalized spacial score (nSPS) is 32.1. The summed E-state index contributed by atoms with van der Waals surface area (Å²) in [5.41, 5.74) is 0. The third-order valence-electron chi connectivity index (χ3n) is 2.61. The maximum Gasteiger partial charge on any atom is 0.303 e. The van der Waals surface area contributed by atoms with Gasteiger partial charge < -0.3 is 18.9 Å². The molecule has 0 bridgehead atoms. The molecular formula is C12H16ClFO7. The van der Waals surface area contributed by atoms with Gasteiger partial charge in [0.2, 0.25) is 6.36 Å². The molecule has 0 radical (unpaired) electrons. The fourth-order valence-corrected chi connectivity index (χ4v) is 2.11. The van der Waals surface area contributed by atoms with Gasteiger partial charge in [0.25, 0.3) is 0 Å². The van der Waals surface area contributed by atoms with E-state index in [2.05, 4.69) is 0 Å². The molecule has 1 rings (SSSR count). The van der Waals surface area contributed by atoms with Crippen LogP contribution < -0.4 is 0 Å². The minimum atomic E-state index is -1.97. The molecule has 0 amide bonds. The highest BCUT2D eigenvalue weighted by Gasteiger charge is 2.49. The van der Waals surface area contributed by atoms with E-state index in [4.69, 9.17) is 30.5 Å². The second-order valence-electron chi connectivity index (χ2n) is 4.42. The molecule has 21 heavy (non-hydrogen) atoms. The molecule has 1 heterocycles. The summed E-state index contributed by atoms with van der Waals surface area (Å²) >= 11 is 5.81. The Morgan fingerprint density at radius 1 is 1.05 bits per heavy atom. The zero-order valence-corrected chi connectivity index (χ0v) is 12.5. The smallest absolute Gasteiger partial charge is 0.303 e. The Labute approximate surface area is 125 Å². The van der Waals surface area contributed by atoms with Crippen molar-refractivity contribution in [3.05, 3.63) is 0 Å². The number of carbonyl (C=O) groups is 3. The van der Waals surface area contributed by atoms with Crippen LogP contribution in [0.4, 0.5) is 4.39 Å². The average Bonchev–Trinajstić information content (AvgIpc) is 2.35. The summed E-state index contributed by atoms with van der Waals surface area (Å²) in [4.78, 5) is 33.1. The van der Waals surface area contributed by atoms with Crippen molar-refractivity contribution in [2.45, 2.75) is 50.8 Å². The van der Waals surface area contributed by atoms with E-state index < -0.39 is 48.0 Å². The number of alkyl halides is 2. The predicted octanol–water partition coefficient (Wildman–Crippen LogP) is 0.715. The highest BCUT2D eigenvalue weighted by Crippen LogP contribution is 2.30. The Kier molecular flexibility index (Phi) is 6.35. The lowest BCUT2D eigenvalue weighted by atomic mass is 10.0. The van der Waals surface area contributed by atoms with Crippen LogP contribution in [0.15, 0.2) is 0 Å². The molecule has 7 nitrogen and oxygen atoms in total. The van der Waals surface area contributed by atoms with Crippen molar-refractivity contribution >= 4 is 29.5 Å². The van der Waals surface area contributed by atoms with Crippen LogP contribution in [0.2, 0.25) is 0 Å². The van der Waals surface area contributed by atoms with E-state index in [1.165, 1.54) is 0 Å². The SMILES string of the molecule is CC(=O)OC[C@H]1O[C@@H](F)[C@H](Cl)[C@@H](OC(C)=O)[C@@H]1OC(C)=O. The highest BCUT2D eigenvalue weighted by molar-refractivity contribution is 6.21. The first-order chi connectivity index (χ1) is 9.72. The Morgan fingerprint density at radius 2 is 1.57 bits per heavy atom. The Morgan fingerprint density at radius 3 is 2.05 bits per heavy atom. The van der Waals surface area contributed by atoms with Gasteiger partial charge in [0.15, 0.2) is 12.2 Å². The van der Waals surface area contributed by atoms with Crippen LogP contribution in [0.1, 0.15) is 20.8 Å².